The summed E-state index contributed by atoms with van der Waals surface area (Å²) in [6, 6.07) is 0. The van der Waals surface area contributed by atoms with E-state index in [0.717, 1.165) is 5.01 Å². The lowest BCUT2D eigenvalue weighted by Gasteiger charge is -2.42. The van der Waals surface area contributed by atoms with Crippen LogP contribution >= 0.6 is 0 Å². The Labute approximate surface area is 71.3 Å². The first-order chi connectivity index (χ1) is 5.43. The maximum Gasteiger partial charge on any atom is 0.0579 e. The highest BCUT2D eigenvalue weighted by molar-refractivity contribution is 4.73. The molecular weight excluding hydrogens is 162 g/mol. The van der Waals surface area contributed by atoms with Crippen molar-refractivity contribution < 1.29 is 5.11 Å². The molecule has 0 saturated heterocycles. The molecule has 6 nitrogen and oxygen atoms in total. The maximum absolute atomic E-state index is 10.8. The van der Waals surface area contributed by atoms with Crippen LogP contribution in [0.25, 0.3) is 0 Å². The smallest absolute Gasteiger partial charge is 0.0579 e. The number of nitrogens with zero attached hydrogens (tertiary/aromatic N) is 3. The quantitative estimate of drug-likeness (QED) is 0.497. The minimum atomic E-state index is -0.515. The van der Waals surface area contributed by atoms with E-state index in [1.807, 2.05) is 0 Å². The summed E-state index contributed by atoms with van der Waals surface area (Å²) in [5.74, 6) is 0. The molecule has 0 aliphatic carbocycles. The number of aliphatic hydroxyl groups excluding tert-OH is 1. The second kappa shape index (κ2) is 4.34. The lowest BCUT2D eigenvalue weighted by Crippen LogP contribution is -2.49. The summed E-state index contributed by atoms with van der Waals surface area (Å²) in [6.07, 6.45) is 0. The monoisotopic (exact) mass is 176 g/mol. The van der Waals surface area contributed by atoms with Crippen molar-refractivity contribution in [2.24, 2.45) is 5.29 Å². The van der Waals surface area contributed by atoms with Gasteiger partial charge in [0.05, 0.1) is 11.9 Å². The Hall–Kier alpha value is -0.720. The Morgan fingerprint density at radius 2 is 2.00 bits per heavy atom. The van der Waals surface area contributed by atoms with E-state index >= 15 is 0 Å². The molecule has 0 atom stereocenters. The molecule has 0 bridgehead atoms. The molecule has 72 valence electrons. The lowest BCUT2D eigenvalue weighted by molar-refractivity contribution is -0.0645. The van der Waals surface area contributed by atoms with Crippen molar-refractivity contribution in [3.8, 4) is 0 Å². The summed E-state index contributed by atoms with van der Waals surface area (Å²) < 4.78 is 0. The fourth-order valence-corrected chi connectivity index (χ4v) is 0.816. The van der Waals surface area contributed by atoms with Crippen LogP contribution in [0.2, 0.25) is 0 Å². The van der Waals surface area contributed by atoms with Gasteiger partial charge >= 0.3 is 0 Å². The van der Waals surface area contributed by atoms with Gasteiger partial charge < -0.3 is 10.3 Å². The molecule has 6 heteroatoms. The van der Waals surface area contributed by atoms with Gasteiger partial charge in [0, 0.05) is 12.1 Å². The molecule has 1 N–H and O–H groups in total. The van der Waals surface area contributed by atoms with Gasteiger partial charge in [-0.2, -0.15) is 0 Å². The third-order valence-corrected chi connectivity index (χ3v) is 1.36. The minimum Gasteiger partial charge on any atom is -0.724 e. The number of β-amino-alcohol motifs (C(OH)–C–C–N with tert-alkyl or cyclic N) is 1. The average Bonchev–Trinajstić information content (AvgIpc) is 1.96. The third kappa shape index (κ3) is 3.12. The summed E-state index contributed by atoms with van der Waals surface area (Å²) in [5.41, 5.74) is -0.515. The van der Waals surface area contributed by atoms with Crippen molar-refractivity contribution in [3.63, 3.8) is 0 Å². The Morgan fingerprint density at radius 1 is 1.50 bits per heavy atom. The highest BCUT2D eigenvalue weighted by Crippen LogP contribution is 2.14. The SMILES string of the molecule is CC(C)(C)N(CCO)N([O-])N=O. The summed E-state index contributed by atoms with van der Waals surface area (Å²) in [5, 5.41) is 22.7. The van der Waals surface area contributed by atoms with Gasteiger partial charge in [0.2, 0.25) is 0 Å². The number of hydrogen-bond donors (Lipinski definition) is 1. The molecule has 0 aliphatic rings. The second-order valence-electron chi connectivity index (χ2n) is 3.35. The molecular formula is C6H14N3O3-. The van der Waals surface area contributed by atoms with E-state index in [-0.39, 0.29) is 18.4 Å². The Morgan fingerprint density at radius 3 is 2.25 bits per heavy atom. The van der Waals surface area contributed by atoms with E-state index < -0.39 is 5.54 Å². The Kier molecular flexibility index (Phi) is 4.08. The number of hydrazine groups is 1. The van der Waals surface area contributed by atoms with Crippen molar-refractivity contribution in [2.75, 3.05) is 13.2 Å². The fraction of sp³-hybridized carbons (Fsp3) is 1.00. The zero-order valence-corrected chi connectivity index (χ0v) is 7.52. The normalized spacial score (nSPS) is 11.8. The first kappa shape index (κ1) is 11.3. The zero-order chi connectivity index (χ0) is 9.78. The van der Waals surface area contributed by atoms with Crippen molar-refractivity contribution in [1.82, 2.24) is 10.3 Å². The molecule has 0 saturated carbocycles. The van der Waals surface area contributed by atoms with Gasteiger partial charge in [0.1, 0.15) is 0 Å². The Balaban J connectivity index is 4.32. The largest absolute Gasteiger partial charge is 0.724 e. The topological polar surface area (TPSA) is 79.2 Å². The zero-order valence-electron chi connectivity index (χ0n) is 7.52. The fourth-order valence-electron chi connectivity index (χ4n) is 0.816. The average molecular weight is 176 g/mol. The minimum absolute atomic E-state index is 0.0454. The van der Waals surface area contributed by atoms with Gasteiger partial charge in [-0.05, 0) is 20.8 Å². The third-order valence-electron chi connectivity index (χ3n) is 1.36. The van der Waals surface area contributed by atoms with Crippen LogP contribution < -0.4 is 0 Å². The van der Waals surface area contributed by atoms with Crippen LogP contribution in [0.5, 0.6) is 0 Å². The predicted molar refractivity (Wildman–Crippen MR) is 44.5 cm³/mol. The number of aliphatic hydroxyl groups is 1. The summed E-state index contributed by atoms with van der Waals surface area (Å²) in [7, 11) is 0. The summed E-state index contributed by atoms with van der Waals surface area (Å²) in [6.45, 7) is 5.15. The first-order valence-electron chi connectivity index (χ1n) is 3.62. The van der Waals surface area contributed by atoms with E-state index in [2.05, 4.69) is 5.29 Å². The van der Waals surface area contributed by atoms with Crippen molar-refractivity contribution in [3.05, 3.63) is 10.1 Å². The molecule has 12 heavy (non-hydrogen) atoms. The number of hydrogen-bond acceptors (Lipinski definition) is 5. The Bertz CT molecular complexity index is 145. The summed E-state index contributed by atoms with van der Waals surface area (Å²) in [4.78, 5) is 9.91. The van der Waals surface area contributed by atoms with Crippen LogP contribution in [-0.4, -0.2) is 34.1 Å². The van der Waals surface area contributed by atoms with Crippen LogP contribution in [0.15, 0.2) is 5.29 Å². The van der Waals surface area contributed by atoms with E-state index in [9.17, 15) is 10.1 Å². The molecule has 0 amide bonds. The van der Waals surface area contributed by atoms with Crippen LogP contribution in [0.1, 0.15) is 20.8 Å². The second-order valence-corrected chi connectivity index (χ2v) is 3.35. The van der Waals surface area contributed by atoms with E-state index in [0.29, 0.717) is 0 Å². The van der Waals surface area contributed by atoms with Crippen molar-refractivity contribution in [2.45, 2.75) is 26.3 Å². The molecule has 0 aromatic heterocycles. The summed E-state index contributed by atoms with van der Waals surface area (Å²) >= 11 is 0. The molecule has 0 spiro atoms. The van der Waals surface area contributed by atoms with Crippen LogP contribution in [-0.2, 0) is 0 Å². The molecule has 0 fully saturated rings. The van der Waals surface area contributed by atoms with Crippen molar-refractivity contribution >= 4 is 0 Å². The molecule has 0 aliphatic heterocycles. The van der Waals surface area contributed by atoms with Crippen LogP contribution in [0.3, 0.4) is 0 Å². The predicted octanol–water partition coefficient (Wildman–Crippen LogP) is 0.475. The molecule has 0 aromatic rings. The highest BCUT2D eigenvalue weighted by atomic mass is 16.6. The van der Waals surface area contributed by atoms with Gasteiger partial charge in [-0.15, -0.1) is 4.91 Å². The first-order valence-corrected chi connectivity index (χ1v) is 3.62. The van der Waals surface area contributed by atoms with E-state index in [4.69, 9.17) is 5.11 Å². The molecule has 0 heterocycles. The van der Waals surface area contributed by atoms with E-state index in [1.54, 1.807) is 20.8 Å². The number of rotatable bonds is 4. The van der Waals surface area contributed by atoms with Gasteiger partial charge in [-0.3, -0.25) is 5.28 Å². The van der Waals surface area contributed by atoms with Gasteiger partial charge in [-0.25, -0.2) is 5.01 Å². The standard InChI is InChI=1S/C6H14N3O3/c1-6(2,3)8(4-5-10)9(12)7-11/h10H,4-5H2,1-3H3/q-1. The molecule has 0 radical (unpaired) electrons. The highest BCUT2D eigenvalue weighted by Gasteiger charge is 2.22. The maximum atomic E-state index is 10.8. The van der Waals surface area contributed by atoms with Crippen LogP contribution in [0, 0.1) is 10.1 Å². The van der Waals surface area contributed by atoms with Crippen LogP contribution in [0.4, 0.5) is 0 Å². The molecule has 0 aromatic carbocycles. The molecule has 0 unspecified atom stereocenters. The molecule has 0 rings (SSSR count). The van der Waals surface area contributed by atoms with Crippen molar-refractivity contribution in [1.29, 1.82) is 0 Å². The van der Waals surface area contributed by atoms with E-state index in [1.165, 1.54) is 0 Å². The van der Waals surface area contributed by atoms with Gasteiger partial charge in [0.25, 0.3) is 0 Å². The number of nitroso groups, excluding NO2 is 1. The lowest BCUT2D eigenvalue weighted by atomic mass is 10.1. The van der Waals surface area contributed by atoms with Gasteiger partial charge in [-0.1, -0.05) is 0 Å². The van der Waals surface area contributed by atoms with Gasteiger partial charge in [0.15, 0.2) is 0 Å².